The Kier molecular flexibility index (Phi) is 4.08. The van der Waals surface area contributed by atoms with E-state index in [4.69, 9.17) is 0 Å². The molecule has 0 aliphatic carbocycles. The maximum Gasteiger partial charge on any atom is 0.207 e. The number of rotatable bonds is 4. The van der Waals surface area contributed by atoms with Gasteiger partial charge in [0.1, 0.15) is 0 Å². The third kappa shape index (κ3) is 2.81. The smallest absolute Gasteiger partial charge is 0.207 e. The van der Waals surface area contributed by atoms with Crippen LogP contribution in [-0.2, 0) is 4.79 Å². The van der Waals surface area contributed by atoms with E-state index >= 15 is 0 Å². The molecule has 1 atom stereocenters. The molecule has 1 saturated heterocycles. The van der Waals surface area contributed by atoms with Crippen LogP contribution in [0.4, 0.5) is 0 Å². The van der Waals surface area contributed by atoms with Gasteiger partial charge in [0.25, 0.3) is 0 Å². The molecule has 3 heteroatoms. The number of likely N-dealkylation sites (tertiary alicyclic amines) is 1. The van der Waals surface area contributed by atoms with Crippen LogP contribution in [0.15, 0.2) is 0 Å². The molecule has 1 fully saturated rings. The van der Waals surface area contributed by atoms with Crippen molar-refractivity contribution in [2.24, 2.45) is 0 Å². The number of amides is 1. The fourth-order valence-corrected chi connectivity index (χ4v) is 1.81. The van der Waals surface area contributed by atoms with Crippen LogP contribution in [0, 0.1) is 0 Å². The van der Waals surface area contributed by atoms with E-state index in [1.165, 1.54) is 19.4 Å². The molecule has 12 heavy (non-hydrogen) atoms. The van der Waals surface area contributed by atoms with E-state index in [1.54, 1.807) is 0 Å². The number of nitrogens with one attached hydrogen (secondary N) is 1. The largest absolute Gasteiger partial charge is 0.355 e. The molecule has 1 N–H and O–H groups in total. The first-order valence-corrected chi connectivity index (χ1v) is 4.79. The van der Waals surface area contributed by atoms with Gasteiger partial charge in [-0.15, -0.1) is 0 Å². The molecule has 0 bridgehead atoms. The molecule has 0 spiro atoms. The van der Waals surface area contributed by atoms with Crippen molar-refractivity contribution in [3.05, 3.63) is 0 Å². The molecular formula is C9H18N2O. The van der Waals surface area contributed by atoms with Gasteiger partial charge in [0, 0.05) is 12.6 Å². The van der Waals surface area contributed by atoms with Crippen molar-refractivity contribution < 1.29 is 4.79 Å². The van der Waals surface area contributed by atoms with Crippen molar-refractivity contribution in [3.8, 4) is 0 Å². The summed E-state index contributed by atoms with van der Waals surface area (Å²) in [6.45, 7) is 5.59. The van der Waals surface area contributed by atoms with E-state index < -0.39 is 0 Å². The minimum atomic E-state index is 0.391. The third-order valence-corrected chi connectivity index (χ3v) is 2.35. The van der Waals surface area contributed by atoms with Gasteiger partial charge >= 0.3 is 0 Å². The van der Waals surface area contributed by atoms with E-state index in [0.717, 1.165) is 25.9 Å². The van der Waals surface area contributed by atoms with Crippen LogP contribution in [0.25, 0.3) is 0 Å². The molecule has 0 aromatic carbocycles. The lowest BCUT2D eigenvalue weighted by Crippen LogP contribution is -2.45. The van der Waals surface area contributed by atoms with Gasteiger partial charge in [-0.2, -0.15) is 0 Å². The summed E-state index contributed by atoms with van der Waals surface area (Å²) in [5.74, 6) is 0. The minimum absolute atomic E-state index is 0.391. The Morgan fingerprint density at radius 2 is 2.50 bits per heavy atom. The normalized spacial score (nSPS) is 25.2. The summed E-state index contributed by atoms with van der Waals surface area (Å²) in [7, 11) is 0. The number of piperidine rings is 1. The van der Waals surface area contributed by atoms with Gasteiger partial charge in [-0.1, -0.05) is 6.92 Å². The second-order valence-corrected chi connectivity index (χ2v) is 3.42. The molecule has 1 aliphatic rings. The van der Waals surface area contributed by atoms with Crippen LogP contribution in [0.2, 0.25) is 0 Å². The van der Waals surface area contributed by atoms with E-state index in [0.29, 0.717) is 6.04 Å². The molecule has 0 radical (unpaired) electrons. The molecule has 3 nitrogen and oxygen atoms in total. The SMILES string of the molecule is CCCN1CCCC(NC=O)C1. The summed E-state index contributed by atoms with van der Waals surface area (Å²) in [6.07, 6.45) is 4.37. The zero-order chi connectivity index (χ0) is 8.81. The van der Waals surface area contributed by atoms with Crippen LogP contribution in [0.5, 0.6) is 0 Å². The van der Waals surface area contributed by atoms with Crippen LogP contribution in [0.1, 0.15) is 26.2 Å². The number of nitrogens with zero attached hydrogens (tertiary/aromatic N) is 1. The first kappa shape index (κ1) is 9.52. The lowest BCUT2D eigenvalue weighted by atomic mass is 10.1. The Bertz CT molecular complexity index is 136. The molecule has 70 valence electrons. The van der Waals surface area contributed by atoms with Crippen molar-refractivity contribution in [2.45, 2.75) is 32.2 Å². The molecule has 0 aromatic rings. The second kappa shape index (κ2) is 5.14. The quantitative estimate of drug-likeness (QED) is 0.627. The summed E-state index contributed by atoms with van der Waals surface area (Å²) >= 11 is 0. The highest BCUT2D eigenvalue weighted by molar-refractivity contribution is 5.46. The van der Waals surface area contributed by atoms with Crippen molar-refractivity contribution in [1.82, 2.24) is 10.2 Å². The van der Waals surface area contributed by atoms with Gasteiger partial charge < -0.3 is 10.2 Å². The number of carbonyl (C=O) groups excluding carboxylic acids is 1. The second-order valence-electron chi connectivity index (χ2n) is 3.42. The van der Waals surface area contributed by atoms with Crippen molar-refractivity contribution in [3.63, 3.8) is 0 Å². The molecule has 0 saturated carbocycles. The Balaban J connectivity index is 2.24. The van der Waals surface area contributed by atoms with Crippen LogP contribution < -0.4 is 5.32 Å². The lowest BCUT2D eigenvalue weighted by molar-refractivity contribution is -0.110. The van der Waals surface area contributed by atoms with E-state index in [2.05, 4.69) is 17.1 Å². The maximum absolute atomic E-state index is 10.2. The van der Waals surface area contributed by atoms with Crippen molar-refractivity contribution in [2.75, 3.05) is 19.6 Å². The van der Waals surface area contributed by atoms with Gasteiger partial charge in [0.15, 0.2) is 0 Å². The van der Waals surface area contributed by atoms with Crippen LogP contribution >= 0.6 is 0 Å². The Labute approximate surface area is 74.1 Å². The first-order chi connectivity index (χ1) is 5.86. The van der Waals surface area contributed by atoms with Gasteiger partial charge in [0.2, 0.25) is 6.41 Å². The zero-order valence-electron chi connectivity index (χ0n) is 7.75. The topological polar surface area (TPSA) is 32.3 Å². The van der Waals surface area contributed by atoms with Gasteiger partial charge in [0.05, 0.1) is 0 Å². The van der Waals surface area contributed by atoms with Crippen LogP contribution in [0.3, 0.4) is 0 Å². The first-order valence-electron chi connectivity index (χ1n) is 4.79. The fraction of sp³-hybridized carbons (Fsp3) is 0.889. The number of carbonyl (C=O) groups is 1. The summed E-state index contributed by atoms with van der Waals surface area (Å²) in [5.41, 5.74) is 0. The highest BCUT2D eigenvalue weighted by Crippen LogP contribution is 2.09. The highest BCUT2D eigenvalue weighted by atomic mass is 16.1. The Morgan fingerprint density at radius 1 is 1.67 bits per heavy atom. The summed E-state index contributed by atoms with van der Waals surface area (Å²) in [4.78, 5) is 12.6. The van der Waals surface area contributed by atoms with E-state index in [9.17, 15) is 4.79 Å². The summed E-state index contributed by atoms with van der Waals surface area (Å²) in [6, 6.07) is 0.391. The van der Waals surface area contributed by atoms with E-state index in [-0.39, 0.29) is 0 Å². The fourth-order valence-electron chi connectivity index (χ4n) is 1.81. The van der Waals surface area contributed by atoms with Gasteiger partial charge in [-0.25, -0.2) is 0 Å². The summed E-state index contributed by atoms with van der Waals surface area (Å²) in [5, 5.41) is 2.85. The minimum Gasteiger partial charge on any atom is -0.355 e. The summed E-state index contributed by atoms with van der Waals surface area (Å²) < 4.78 is 0. The molecule has 1 unspecified atom stereocenters. The standard InChI is InChI=1S/C9H18N2O/c1-2-5-11-6-3-4-9(7-11)10-8-12/h8-9H,2-7H2,1H3,(H,10,12). The average Bonchev–Trinajstić information content (AvgIpc) is 2.06. The van der Waals surface area contributed by atoms with E-state index in [1.807, 2.05) is 0 Å². The molecule has 1 rings (SSSR count). The van der Waals surface area contributed by atoms with Crippen molar-refractivity contribution >= 4 is 6.41 Å². The molecule has 0 aromatic heterocycles. The monoisotopic (exact) mass is 170 g/mol. The molecular weight excluding hydrogens is 152 g/mol. The third-order valence-electron chi connectivity index (χ3n) is 2.35. The van der Waals surface area contributed by atoms with Gasteiger partial charge in [-0.3, -0.25) is 4.79 Å². The average molecular weight is 170 g/mol. The maximum atomic E-state index is 10.2. The van der Waals surface area contributed by atoms with Gasteiger partial charge in [-0.05, 0) is 32.4 Å². The Hall–Kier alpha value is -0.570. The molecule has 1 heterocycles. The predicted octanol–water partition coefficient (Wildman–Crippen LogP) is 0.607. The lowest BCUT2D eigenvalue weighted by Gasteiger charge is -2.31. The molecule has 1 amide bonds. The Morgan fingerprint density at radius 3 is 3.17 bits per heavy atom. The number of hydrogen-bond donors (Lipinski definition) is 1. The highest BCUT2D eigenvalue weighted by Gasteiger charge is 2.17. The van der Waals surface area contributed by atoms with Crippen molar-refractivity contribution in [1.29, 1.82) is 0 Å². The zero-order valence-corrected chi connectivity index (χ0v) is 7.75. The van der Waals surface area contributed by atoms with Crippen LogP contribution in [-0.4, -0.2) is 37.0 Å². The predicted molar refractivity (Wildman–Crippen MR) is 49.0 cm³/mol. The number of hydrogen-bond acceptors (Lipinski definition) is 2. The molecule has 1 aliphatic heterocycles.